The van der Waals surface area contributed by atoms with Crippen LogP contribution in [0, 0.1) is 4.77 Å². The van der Waals surface area contributed by atoms with Crippen LogP contribution in [0.2, 0.25) is 0 Å². The van der Waals surface area contributed by atoms with E-state index < -0.39 is 5.97 Å². The molecule has 1 heterocycles. The minimum absolute atomic E-state index is 0.201. The van der Waals surface area contributed by atoms with Gasteiger partial charge in [-0.25, -0.2) is 4.79 Å². The highest BCUT2D eigenvalue weighted by Crippen LogP contribution is 2.12. The first kappa shape index (κ1) is 15.2. The fraction of sp³-hybridized carbons (Fsp3) is 0.118. The number of rotatable bonds is 3. The molecular weight excluding hydrogens is 312 g/mol. The van der Waals surface area contributed by atoms with Crippen LogP contribution >= 0.6 is 12.2 Å². The molecule has 0 fully saturated rings. The lowest BCUT2D eigenvalue weighted by molar-refractivity contribution is 0.0526. The van der Waals surface area contributed by atoms with E-state index in [0.717, 1.165) is 0 Å². The number of hydrogen-bond donors (Lipinski definition) is 1. The first-order valence-electron chi connectivity index (χ1n) is 7.13. The molecule has 3 aromatic rings. The molecule has 1 N–H and O–H groups in total. The summed E-state index contributed by atoms with van der Waals surface area (Å²) in [5, 5.41) is 0.551. The van der Waals surface area contributed by atoms with E-state index in [-0.39, 0.29) is 5.56 Å². The standard InChI is InChI=1S/C17H14N2O3S/c1-2-22-16(21)11-7-9-12(10-8-11)19-15(20)13-5-3-4-6-14(13)18-17(19)23/h3-10H,2H2,1H3,(H,18,23). The van der Waals surface area contributed by atoms with E-state index in [9.17, 15) is 9.59 Å². The minimum Gasteiger partial charge on any atom is -0.462 e. The number of para-hydroxylation sites is 1. The number of aromatic amines is 1. The van der Waals surface area contributed by atoms with Gasteiger partial charge in [-0.15, -0.1) is 0 Å². The van der Waals surface area contributed by atoms with Crippen molar-refractivity contribution in [2.75, 3.05) is 6.61 Å². The Morgan fingerprint density at radius 1 is 1.17 bits per heavy atom. The highest BCUT2D eigenvalue weighted by molar-refractivity contribution is 7.71. The minimum atomic E-state index is -0.393. The maximum absolute atomic E-state index is 12.7. The summed E-state index contributed by atoms with van der Waals surface area (Å²) < 4.78 is 6.66. The summed E-state index contributed by atoms with van der Waals surface area (Å²) in [6, 6.07) is 13.8. The van der Waals surface area contributed by atoms with Gasteiger partial charge in [0.2, 0.25) is 0 Å². The van der Waals surface area contributed by atoms with Crippen LogP contribution in [0.3, 0.4) is 0 Å². The van der Waals surface area contributed by atoms with Crippen molar-refractivity contribution >= 4 is 29.1 Å². The van der Waals surface area contributed by atoms with E-state index in [1.807, 2.05) is 6.07 Å². The van der Waals surface area contributed by atoms with Crippen LogP contribution in [-0.2, 0) is 4.74 Å². The fourth-order valence-electron chi connectivity index (χ4n) is 2.36. The Kier molecular flexibility index (Phi) is 4.08. The summed E-state index contributed by atoms with van der Waals surface area (Å²) in [7, 11) is 0. The van der Waals surface area contributed by atoms with Crippen LogP contribution in [-0.4, -0.2) is 22.1 Å². The average molecular weight is 326 g/mol. The average Bonchev–Trinajstić information content (AvgIpc) is 2.56. The zero-order valence-corrected chi connectivity index (χ0v) is 13.2. The molecule has 23 heavy (non-hydrogen) atoms. The van der Waals surface area contributed by atoms with Crippen molar-refractivity contribution in [1.82, 2.24) is 9.55 Å². The maximum Gasteiger partial charge on any atom is 0.338 e. The quantitative estimate of drug-likeness (QED) is 0.593. The topological polar surface area (TPSA) is 64.1 Å². The molecule has 0 aliphatic heterocycles. The number of hydrogen-bond acceptors (Lipinski definition) is 4. The number of carbonyl (C=O) groups is 1. The summed E-state index contributed by atoms with van der Waals surface area (Å²) >= 11 is 5.29. The number of esters is 1. The number of nitrogens with one attached hydrogen (secondary N) is 1. The Morgan fingerprint density at radius 2 is 1.87 bits per heavy atom. The lowest BCUT2D eigenvalue weighted by Crippen LogP contribution is -2.20. The summed E-state index contributed by atoms with van der Waals surface area (Å²) in [6.45, 7) is 2.07. The SMILES string of the molecule is CCOC(=O)c1ccc(-n2c(=S)[nH]c3ccccc3c2=O)cc1. The van der Waals surface area contributed by atoms with E-state index in [1.165, 1.54) is 4.57 Å². The molecule has 6 heteroatoms. The zero-order chi connectivity index (χ0) is 16.4. The molecule has 2 aromatic carbocycles. The summed E-state index contributed by atoms with van der Waals surface area (Å²) in [6.07, 6.45) is 0. The van der Waals surface area contributed by atoms with Crippen molar-refractivity contribution in [2.24, 2.45) is 0 Å². The van der Waals surface area contributed by atoms with E-state index >= 15 is 0 Å². The molecule has 0 atom stereocenters. The molecule has 0 aliphatic carbocycles. The first-order chi connectivity index (χ1) is 11.1. The number of fused-ring (bicyclic) bond motifs is 1. The largest absolute Gasteiger partial charge is 0.462 e. The molecule has 0 spiro atoms. The van der Waals surface area contributed by atoms with Crippen molar-refractivity contribution < 1.29 is 9.53 Å². The molecular formula is C17H14N2O3S. The number of benzene rings is 2. The molecule has 0 bridgehead atoms. The van der Waals surface area contributed by atoms with Crippen LogP contribution in [0.5, 0.6) is 0 Å². The van der Waals surface area contributed by atoms with Gasteiger partial charge in [-0.05, 0) is 55.5 Å². The molecule has 0 amide bonds. The van der Waals surface area contributed by atoms with Gasteiger partial charge in [0.1, 0.15) is 0 Å². The Hall–Kier alpha value is -2.73. The Balaban J connectivity index is 2.12. The van der Waals surface area contributed by atoms with Crippen molar-refractivity contribution in [3.63, 3.8) is 0 Å². The Labute approximate surface area is 137 Å². The molecule has 0 radical (unpaired) electrons. The highest BCUT2D eigenvalue weighted by Gasteiger charge is 2.09. The van der Waals surface area contributed by atoms with Gasteiger partial charge in [-0.2, -0.15) is 0 Å². The van der Waals surface area contributed by atoms with Gasteiger partial charge in [0.05, 0.1) is 28.8 Å². The van der Waals surface area contributed by atoms with Crippen LogP contribution < -0.4 is 5.56 Å². The molecule has 3 rings (SSSR count). The molecule has 0 aliphatic rings. The normalized spacial score (nSPS) is 10.7. The van der Waals surface area contributed by atoms with Crippen LogP contribution in [0.4, 0.5) is 0 Å². The summed E-state index contributed by atoms with van der Waals surface area (Å²) in [5.41, 5.74) is 1.52. The summed E-state index contributed by atoms with van der Waals surface area (Å²) in [4.78, 5) is 27.4. The van der Waals surface area contributed by atoms with Gasteiger partial charge in [-0.1, -0.05) is 12.1 Å². The molecule has 0 saturated heterocycles. The van der Waals surface area contributed by atoms with E-state index in [1.54, 1.807) is 49.4 Å². The number of ether oxygens (including phenoxy) is 1. The Morgan fingerprint density at radius 3 is 2.57 bits per heavy atom. The number of aromatic nitrogens is 2. The van der Waals surface area contributed by atoms with Crippen molar-refractivity contribution in [1.29, 1.82) is 0 Å². The third-order valence-electron chi connectivity index (χ3n) is 3.44. The second kappa shape index (κ2) is 6.18. The maximum atomic E-state index is 12.7. The van der Waals surface area contributed by atoms with Gasteiger partial charge < -0.3 is 9.72 Å². The van der Waals surface area contributed by atoms with Crippen molar-refractivity contribution in [3.05, 3.63) is 69.2 Å². The van der Waals surface area contributed by atoms with Gasteiger partial charge in [0.25, 0.3) is 5.56 Å². The molecule has 1 aromatic heterocycles. The second-order valence-electron chi connectivity index (χ2n) is 4.88. The third kappa shape index (κ3) is 2.80. The molecule has 0 saturated carbocycles. The highest BCUT2D eigenvalue weighted by atomic mass is 32.1. The van der Waals surface area contributed by atoms with Crippen molar-refractivity contribution in [2.45, 2.75) is 6.92 Å². The van der Waals surface area contributed by atoms with Crippen LogP contribution in [0.1, 0.15) is 17.3 Å². The Bertz CT molecular complexity index is 987. The van der Waals surface area contributed by atoms with E-state index in [0.29, 0.717) is 33.5 Å². The third-order valence-corrected chi connectivity index (χ3v) is 3.73. The monoisotopic (exact) mass is 326 g/mol. The molecule has 0 unspecified atom stereocenters. The zero-order valence-electron chi connectivity index (χ0n) is 12.4. The molecule has 5 nitrogen and oxygen atoms in total. The smallest absolute Gasteiger partial charge is 0.338 e. The predicted molar refractivity (Wildman–Crippen MR) is 90.7 cm³/mol. The lowest BCUT2D eigenvalue weighted by atomic mass is 10.2. The van der Waals surface area contributed by atoms with Crippen LogP contribution in [0.15, 0.2) is 53.3 Å². The predicted octanol–water partition coefficient (Wildman–Crippen LogP) is 3.22. The van der Waals surface area contributed by atoms with E-state index in [2.05, 4.69) is 4.98 Å². The molecule has 116 valence electrons. The fourth-order valence-corrected chi connectivity index (χ4v) is 2.66. The van der Waals surface area contributed by atoms with Gasteiger partial charge in [0, 0.05) is 0 Å². The van der Waals surface area contributed by atoms with Crippen LogP contribution in [0.25, 0.3) is 16.6 Å². The van der Waals surface area contributed by atoms with E-state index in [4.69, 9.17) is 17.0 Å². The number of carbonyl (C=O) groups excluding carboxylic acids is 1. The first-order valence-corrected chi connectivity index (χ1v) is 7.54. The van der Waals surface area contributed by atoms with Crippen molar-refractivity contribution in [3.8, 4) is 5.69 Å². The second-order valence-corrected chi connectivity index (χ2v) is 5.27. The number of H-pyrrole nitrogens is 1. The van der Waals surface area contributed by atoms with Gasteiger partial charge in [-0.3, -0.25) is 9.36 Å². The summed E-state index contributed by atoms with van der Waals surface area (Å²) in [5.74, 6) is -0.393. The number of nitrogens with zero attached hydrogens (tertiary/aromatic N) is 1. The lowest BCUT2D eigenvalue weighted by Gasteiger charge is -2.09. The van der Waals surface area contributed by atoms with Gasteiger partial charge in [0.15, 0.2) is 4.77 Å². The van der Waals surface area contributed by atoms with Gasteiger partial charge >= 0.3 is 5.97 Å².